The number of halogens is 1. The van der Waals surface area contributed by atoms with Gasteiger partial charge in [-0.2, -0.15) is 0 Å². The van der Waals surface area contributed by atoms with E-state index in [-0.39, 0.29) is 0 Å². The molecule has 0 radical (unpaired) electrons. The quantitative estimate of drug-likeness (QED) is 0.484. The lowest BCUT2D eigenvalue weighted by atomic mass is 10.0. The molecule has 2 heteroatoms. The molecule has 0 heterocycles. The molecule has 0 fully saturated rings. The second-order valence-electron chi connectivity index (χ2n) is 2.68. The Kier molecular flexibility index (Phi) is 3.66. The maximum atomic E-state index is 7.04. The lowest BCUT2D eigenvalue weighted by molar-refractivity contribution is 0.848. The smallest absolute Gasteiger partial charge is 0.0650 e. The number of alkyl halides is 1. The van der Waals surface area contributed by atoms with E-state index in [0.29, 0.717) is 0 Å². The third-order valence-electron chi connectivity index (χ3n) is 1.27. The predicted octanol–water partition coefficient (Wildman–Crippen LogP) is 2.99. The van der Waals surface area contributed by atoms with Crippen LogP contribution in [-0.4, -0.2) is 11.1 Å². The van der Waals surface area contributed by atoms with Gasteiger partial charge in [0.05, 0.1) is 4.87 Å². The maximum Gasteiger partial charge on any atom is 0.0650 e. The molecule has 0 aliphatic heterocycles. The van der Waals surface area contributed by atoms with Gasteiger partial charge in [0, 0.05) is 6.21 Å². The van der Waals surface area contributed by atoms with Gasteiger partial charge in [0.2, 0.25) is 0 Å². The average Bonchev–Trinajstić information content (AvgIpc) is 1.80. The van der Waals surface area contributed by atoms with Gasteiger partial charge in [-0.05, 0) is 25.8 Å². The summed E-state index contributed by atoms with van der Waals surface area (Å²) in [6.45, 7) is 5.81. The molecule has 0 saturated heterocycles. The van der Waals surface area contributed by atoms with Crippen LogP contribution in [0, 0.1) is 5.41 Å². The van der Waals surface area contributed by atoms with E-state index in [1.54, 1.807) is 0 Å². The van der Waals surface area contributed by atoms with E-state index in [0.717, 1.165) is 12.0 Å². The summed E-state index contributed by atoms with van der Waals surface area (Å²) in [5.74, 6) is 0. The molecule has 0 rings (SSSR count). The molecule has 0 spiro atoms. The second-order valence-corrected chi connectivity index (χ2v) is 3.63. The van der Waals surface area contributed by atoms with E-state index in [2.05, 4.69) is 0 Å². The van der Waals surface area contributed by atoms with Crippen LogP contribution < -0.4 is 0 Å². The second kappa shape index (κ2) is 3.77. The van der Waals surface area contributed by atoms with Crippen LogP contribution in [0.25, 0.3) is 0 Å². The van der Waals surface area contributed by atoms with Crippen LogP contribution >= 0.6 is 11.6 Å². The zero-order chi connectivity index (χ0) is 8.20. The van der Waals surface area contributed by atoms with Gasteiger partial charge in [0.15, 0.2) is 0 Å². The minimum atomic E-state index is -0.391. The van der Waals surface area contributed by atoms with Crippen molar-refractivity contribution >= 4 is 17.8 Å². The molecule has 1 N–H and O–H groups in total. The zero-order valence-electron chi connectivity index (χ0n) is 6.74. The van der Waals surface area contributed by atoms with Gasteiger partial charge in [0.25, 0.3) is 0 Å². The van der Waals surface area contributed by atoms with E-state index in [4.69, 9.17) is 17.0 Å². The van der Waals surface area contributed by atoms with Crippen LogP contribution in [0.5, 0.6) is 0 Å². The zero-order valence-corrected chi connectivity index (χ0v) is 7.50. The monoisotopic (exact) mass is 159 g/mol. The first-order valence-electron chi connectivity index (χ1n) is 3.42. The largest absolute Gasteiger partial charge is 0.308 e. The van der Waals surface area contributed by atoms with E-state index in [1.807, 2.05) is 26.8 Å². The summed E-state index contributed by atoms with van der Waals surface area (Å²) in [6.07, 6.45) is 4.22. The summed E-state index contributed by atoms with van der Waals surface area (Å²) in [5.41, 5.74) is 0.886. The lowest BCUT2D eigenvalue weighted by Gasteiger charge is -2.15. The summed E-state index contributed by atoms with van der Waals surface area (Å²) in [4.78, 5) is -0.391. The van der Waals surface area contributed by atoms with Crippen molar-refractivity contribution < 1.29 is 0 Å². The van der Waals surface area contributed by atoms with Crippen LogP contribution in [0.4, 0.5) is 0 Å². The minimum Gasteiger partial charge on any atom is -0.308 e. The molecule has 0 unspecified atom stereocenters. The number of allylic oxidation sites excluding steroid dienone is 2. The molecule has 0 aromatic carbocycles. The van der Waals surface area contributed by atoms with Gasteiger partial charge >= 0.3 is 0 Å². The van der Waals surface area contributed by atoms with Crippen LogP contribution in [0.3, 0.4) is 0 Å². The molecule has 0 bridgehead atoms. The molecule has 0 aromatic heterocycles. The number of rotatable bonds is 3. The van der Waals surface area contributed by atoms with Gasteiger partial charge in [-0.25, -0.2) is 0 Å². The highest BCUT2D eigenvalue weighted by Crippen LogP contribution is 2.22. The van der Waals surface area contributed by atoms with Gasteiger partial charge < -0.3 is 5.41 Å². The molecular formula is C8H14ClN. The summed E-state index contributed by atoms with van der Waals surface area (Å²) in [7, 11) is 0. The molecule has 10 heavy (non-hydrogen) atoms. The Morgan fingerprint density at radius 1 is 1.60 bits per heavy atom. The van der Waals surface area contributed by atoms with E-state index in [9.17, 15) is 0 Å². The molecule has 1 nitrogen and oxygen atoms in total. The Morgan fingerprint density at radius 3 is 2.20 bits per heavy atom. The van der Waals surface area contributed by atoms with Gasteiger partial charge in [-0.3, -0.25) is 0 Å². The van der Waals surface area contributed by atoms with Crippen molar-refractivity contribution in [2.24, 2.45) is 0 Å². The van der Waals surface area contributed by atoms with Crippen molar-refractivity contribution in [2.45, 2.75) is 32.1 Å². The van der Waals surface area contributed by atoms with Gasteiger partial charge in [0.1, 0.15) is 0 Å². The topological polar surface area (TPSA) is 23.9 Å². The van der Waals surface area contributed by atoms with Crippen molar-refractivity contribution in [1.29, 1.82) is 5.41 Å². The number of nitrogens with one attached hydrogen (secondary N) is 1. The first kappa shape index (κ1) is 9.70. The number of hydrogen-bond acceptors (Lipinski definition) is 1. The SMILES string of the molecule is CC/C=C(/C=N)C(C)(C)Cl. The van der Waals surface area contributed by atoms with Crippen LogP contribution in [0.1, 0.15) is 27.2 Å². The van der Waals surface area contributed by atoms with Crippen molar-refractivity contribution in [1.82, 2.24) is 0 Å². The minimum absolute atomic E-state index is 0.391. The first-order valence-corrected chi connectivity index (χ1v) is 3.80. The predicted molar refractivity (Wildman–Crippen MR) is 47.1 cm³/mol. The van der Waals surface area contributed by atoms with Crippen LogP contribution in [0.2, 0.25) is 0 Å². The van der Waals surface area contributed by atoms with Crippen molar-refractivity contribution in [3.63, 3.8) is 0 Å². The summed E-state index contributed by atoms with van der Waals surface area (Å²) in [6, 6.07) is 0. The van der Waals surface area contributed by atoms with Gasteiger partial charge in [-0.1, -0.05) is 13.0 Å². The van der Waals surface area contributed by atoms with Gasteiger partial charge in [-0.15, -0.1) is 11.6 Å². The Labute approximate surface area is 67.6 Å². The summed E-state index contributed by atoms with van der Waals surface area (Å²) >= 11 is 5.96. The Bertz CT molecular complexity index is 142. The molecule has 0 amide bonds. The lowest BCUT2D eigenvalue weighted by Crippen LogP contribution is -2.14. The van der Waals surface area contributed by atoms with E-state index in [1.165, 1.54) is 6.21 Å². The highest BCUT2D eigenvalue weighted by molar-refractivity contribution is 6.27. The highest BCUT2D eigenvalue weighted by Gasteiger charge is 2.16. The highest BCUT2D eigenvalue weighted by atomic mass is 35.5. The molecular weight excluding hydrogens is 146 g/mol. The fraction of sp³-hybridized carbons (Fsp3) is 0.625. The van der Waals surface area contributed by atoms with E-state index < -0.39 is 4.87 Å². The Morgan fingerprint density at radius 2 is 2.10 bits per heavy atom. The standard InChI is InChI=1S/C8H14ClN/c1-4-5-7(6-10)8(2,3)9/h5-6,10H,4H2,1-3H3/b7-5-,10-6?. The fourth-order valence-electron chi connectivity index (χ4n) is 0.693. The Hall–Kier alpha value is -0.300. The third-order valence-corrected chi connectivity index (χ3v) is 1.48. The first-order chi connectivity index (χ1) is 4.52. The van der Waals surface area contributed by atoms with E-state index >= 15 is 0 Å². The van der Waals surface area contributed by atoms with Crippen molar-refractivity contribution in [3.8, 4) is 0 Å². The molecule has 0 aliphatic carbocycles. The number of hydrogen-bond donors (Lipinski definition) is 1. The Balaban J connectivity index is 4.36. The molecule has 0 atom stereocenters. The van der Waals surface area contributed by atoms with Crippen LogP contribution in [0.15, 0.2) is 11.6 Å². The normalized spacial score (nSPS) is 13.4. The molecule has 0 aromatic rings. The molecule has 0 aliphatic rings. The van der Waals surface area contributed by atoms with Crippen molar-refractivity contribution in [2.75, 3.05) is 0 Å². The van der Waals surface area contributed by atoms with Crippen molar-refractivity contribution in [3.05, 3.63) is 11.6 Å². The molecule has 0 saturated carbocycles. The summed E-state index contributed by atoms with van der Waals surface area (Å²) < 4.78 is 0. The summed E-state index contributed by atoms with van der Waals surface area (Å²) in [5, 5.41) is 7.04. The fourth-order valence-corrected chi connectivity index (χ4v) is 0.825. The molecule has 58 valence electrons. The van der Waals surface area contributed by atoms with Crippen LogP contribution in [-0.2, 0) is 0 Å². The average molecular weight is 160 g/mol. The third kappa shape index (κ3) is 3.02. The maximum absolute atomic E-state index is 7.04.